The van der Waals surface area contributed by atoms with Gasteiger partial charge in [0.1, 0.15) is 0 Å². The lowest BCUT2D eigenvalue weighted by molar-refractivity contribution is -0.385. The molecule has 0 heterocycles. The molecule has 2 atom stereocenters. The first-order chi connectivity index (χ1) is 18.7. The minimum Gasteiger partial charge on any atom is -0.335 e. The zero-order valence-corrected chi connectivity index (χ0v) is 21.6. The Morgan fingerprint density at radius 1 is 0.667 bits per heavy atom. The van der Waals surface area contributed by atoms with Crippen LogP contribution in [0.4, 0.5) is 32.3 Å². The van der Waals surface area contributed by atoms with Crippen molar-refractivity contribution in [1.82, 2.24) is 10.6 Å². The van der Waals surface area contributed by atoms with Gasteiger partial charge in [0, 0.05) is 47.7 Å². The van der Waals surface area contributed by atoms with Crippen molar-refractivity contribution in [3.63, 3.8) is 0 Å². The molecule has 12 nitrogen and oxygen atoms in total. The minimum atomic E-state index is -0.479. The van der Waals surface area contributed by atoms with Gasteiger partial charge in [-0.15, -0.1) is 0 Å². The highest BCUT2D eigenvalue weighted by Gasteiger charge is 2.28. The number of nitrogens with zero attached hydrogens (tertiary/aromatic N) is 2. The maximum absolute atomic E-state index is 12.5. The molecule has 2 aromatic carbocycles. The van der Waals surface area contributed by atoms with E-state index in [9.17, 15) is 29.8 Å². The summed E-state index contributed by atoms with van der Waals surface area (Å²) in [6.07, 6.45) is 9.09. The number of amides is 4. The van der Waals surface area contributed by atoms with Crippen molar-refractivity contribution in [3.8, 4) is 0 Å². The molecule has 0 bridgehead atoms. The lowest BCUT2D eigenvalue weighted by atomic mass is 9.75. The van der Waals surface area contributed by atoms with Crippen molar-refractivity contribution >= 4 is 34.8 Å². The Morgan fingerprint density at radius 2 is 1.15 bits per heavy atom. The molecular weight excluding hydrogens is 504 g/mol. The summed E-state index contributed by atoms with van der Waals surface area (Å²) >= 11 is 0. The van der Waals surface area contributed by atoms with Crippen molar-refractivity contribution in [2.75, 3.05) is 10.6 Å². The van der Waals surface area contributed by atoms with E-state index in [1.54, 1.807) is 0 Å². The summed E-state index contributed by atoms with van der Waals surface area (Å²) in [6, 6.07) is 11.1. The molecule has 4 rings (SSSR count). The van der Waals surface area contributed by atoms with Gasteiger partial charge in [-0.25, -0.2) is 9.59 Å². The molecule has 0 spiro atoms. The first-order valence-corrected chi connectivity index (χ1v) is 13.4. The summed E-state index contributed by atoms with van der Waals surface area (Å²) in [5.41, 5.74) is 0.974. The minimum absolute atomic E-state index is 0.0218. The second kappa shape index (κ2) is 13.0. The molecule has 0 aliphatic heterocycles. The molecule has 4 amide bonds. The number of carbonyl (C=O) groups is 2. The standard InChI is InChI=1S/C27H34N6O6/c34-26(29-21-8-12-24(13-9-21)32(36)37)28-20-6-4-18(5-7-20)16-19-2-1-3-23(17-19)31-27(35)30-22-10-14-25(15-11-22)33(38)39/h8-15,18-20,23H,1-7,16-17H2,(H2,28,29,34)(H2,30,31,35)/t18?,19-,20?,23+/m1/s1. The van der Waals surface area contributed by atoms with Crippen LogP contribution in [-0.2, 0) is 0 Å². The van der Waals surface area contributed by atoms with Crippen molar-refractivity contribution in [2.24, 2.45) is 11.8 Å². The highest BCUT2D eigenvalue weighted by molar-refractivity contribution is 5.90. The van der Waals surface area contributed by atoms with Gasteiger partial charge in [-0.2, -0.15) is 0 Å². The van der Waals surface area contributed by atoms with Crippen LogP contribution < -0.4 is 21.3 Å². The highest BCUT2D eigenvalue weighted by atomic mass is 16.6. The van der Waals surface area contributed by atoms with E-state index in [1.165, 1.54) is 48.5 Å². The van der Waals surface area contributed by atoms with Gasteiger partial charge in [0.15, 0.2) is 0 Å². The molecule has 4 N–H and O–H groups in total. The van der Waals surface area contributed by atoms with Crippen LogP contribution >= 0.6 is 0 Å². The van der Waals surface area contributed by atoms with Crippen molar-refractivity contribution in [1.29, 1.82) is 0 Å². The van der Waals surface area contributed by atoms with Gasteiger partial charge in [0.2, 0.25) is 0 Å². The zero-order chi connectivity index (χ0) is 27.8. The molecule has 0 unspecified atom stereocenters. The Bertz CT molecular complexity index is 1160. The Morgan fingerprint density at radius 3 is 1.64 bits per heavy atom. The molecule has 0 saturated heterocycles. The SMILES string of the molecule is O=C(Nc1ccc([N+](=O)[O-])cc1)NC1CCC(C[C@H]2CCC[C@H](NC(=O)Nc3ccc([N+](=O)[O-])cc3)C2)CC1. The summed E-state index contributed by atoms with van der Waals surface area (Å²) in [5.74, 6) is 1.14. The lowest BCUT2D eigenvalue weighted by Crippen LogP contribution is -2.42. The monoisotopic (exact) mass is 538 g/mol. The van der Waals surface area contributed by atoms with Crippen molar-refractivity contribution in [3.05, 3.63) is 68.8 Å². The molecular formula is C27H34N6O6. The van der Waals surface area contributed by atoms with Gasteiger partial charge in [-0.1, -0.05) is 12.8 Å². The second-order valence-electron chi connectivity index (χ2n) is 10.5. The number of hydrogen-bond acceptors (Lipinski definition) is 6. The van der Waals surface area contributed by atoms with Gasteiger partial charge in [0.25, 0.3) is 11.4 Å². The van der Waals surface area contributed by atoms with Crippen molar-refractivity contribution < 1.29 is 19.4 Å². The normalized spacial score (nSPS) is 22.8. The first kappa shape index (κ1) is 27.8. The number of hydrogen-bond donors (Lipinski definition) is 4. The molecule has 208 valence electrons. The van der Waals surface area contributed by atoms with E-state index < -0.39 is 9.85 Å². The number of benzene rings is 2. The number of carbonyl (C=O) groups excluding carboxylic acids is 2. The van der Waals surface area contributed by atoms with Crippen LogP contribution in [0, 0.1) is 32.1 Å². The Labute approximate surface area is 226 Å². The fourth-order valence-electron chi connectivity index (χ4n) is 5.69. The van der Waals surface area contributed by atoms with Crippen LogP contribution in [0.5, 0.6) is 0 Å². The predicted octanol–water partition coefficient (Wildman–Crippen LogP) is 5.95. The van der Waals surface area contributed by atoms with E-state index in [2.05, 4.69) is 21.3 Å². The third-order valence-corrected chi connectivity index (χ3v) is 7.64. The van der Waals surface area contributed by atoms with Crippen molar-refractivity contribution in [2.45, 2.75) is 69.9 Å². The van der Waals surface area contributed by atoms with Gasteiger partial charge in [-0.3, -0.25) is 20.2 Å². The van der Waals surface area contributed by atoms with Gasteiger partial charge >= 0.3 is 12.1 Å². The Hall–Kier alpha value is -4.22. The molecule has 0 radical (unpaired) electrons. The third kappa shape index (κ3) is 8.39. The number of nitrogens with one attached hydrogen (secondary N) is 4. The van der Waals surface area contributed by atoms with E-state index in [4.69, 9.17) is 0 Å². The van der Waals surface area contributed by atoms with Crippen LogP contribution in [0.25, 0.3) is 0 Å². The summed E-state index contributed by atoms with van der Waals surface area (Å²) in [4.78, 5) is 45.4. The van der Waals surface area contributed by atoms with E-state index in [1.807, 2.05) is 0 Å². The third-order valence-electron chi connectivity index (χ3n) is 7.64. The number of nitro groups is 2. The molecule has 2 saturated carbocycles. The number of nitro benzene ring substituents is 2. The van der Waals surface area contributed by atoms with Crippen LogP contribution in [0.1, 0.15) is 57.8 Å². The highest BCUT2D eigenvalue weighted by Crippen LogP contribution is 2.35. The quantitative estimate of drug-likeness (QED) is 0.239. The molecule has 2 aliphatic carbocycles. The average molecular weight is 539 g/mol. The number of anilines is 2. The van der Waals surface area contributed by atoms with Gasteiger partial charge < -0.3 is 21.3 Å². The van der Waals surface area contributed by atoms with E-state index in [0.717, 1.165) is 57.8 Å². The molecule has 39 heavy (non-hydrogen) atoms. The van der Waals surface area contributed by atoms with Gasteiger partial charge in [-0.05, 0) is 81.0 Å². The Kier molecular flexibility index (Phi) is 9.29. The fourth-order valence-corrected chi connectivity index (χ4v) is 5.69. The first-order valence-electron chi connectivity index (χ1n) is 13.4. The summed E-state index contributed by atoms with van der Waals surface area (Å²) in [6.45, 7) is 0. The maximum atomic E-state index is 12.5. The van der Waals surface area contributed by atoms with E-state index in [-0.39, 0.29) is 35.5 Å². The van der Waals surface area contributed by atoms with Gasteiger partial charge in [0.05, 0.1) is 9.85 Å². The largest absolute Gasteiger partial charge is 0.335 e. The molecule has 12 heteroatoms. The fraction of sp³-hybridized carbons (Fsp3) is 0.481. The van der Waals surface area contributed by atoms with Crippen LogP contribution in [-0.4, -0.2) is 34.0 Å². The average Bonchev–Trinajstić information content (AvgIpc) is 2.90. The lowest BCUT2D eigenvalue weighted by Gasteiger charge is -2.35. The summed E-state index contributed by atoms with van der Waals surface area (Å²) in [5, 5.41) is 33.1. The van der Waals surface area contributed by atoms with E-state index in [0.29, 0.717) is 23.2 Å². The molecule has 2 aliphatic rings. The summed E-state index contributed by atoms with van der Waals surface area (Å²) < 4.78 is 0. The van der Waals surface area contributed by atoms with E-state index >= 15 is 0 Å². The summed E-state index contributed by atoms with van der Waals surface area (Å²) in [7, 11) is 0. The number of urea groups is 2. The second-order valence-corrected chi connectivity index (χ2v) is 10.5. The molecule has 2 aromatic rings. The number of non-ortho nitro benzene ring substituents is 2. The van der Waals surface area contributed by atoms with Crippen LogP contribution in [0.2, 0.25) is 0 Å². The predicted molar refractivity (Wildman–Crippen MR) is 147 cm³/mol. The topological polar surface area (TPSA) is 169 Å². The molecule has 0 aromatic heterocycles. The smallest absolute Gasteiger partial charge is 0.319 e. The molecule has 2 fully saturated rings. The maximum Gasteiger partial charge on any atom is 0.319 e. The van der Waals surface area contributed by atoms with Crippen LogP contribution in [0.3, 0.4) is 0 Å². The zero-order valence-electron chi connectivity index (χ0n) is 21.6. The Balaban J connectivity index is 1.15. The number of rotatable bonds is 8. The van der Waals surface area contributed by atoms with Crippen LogP contribution in [0.15, 0.2) is 48.5 Å².